The van der Waals surface area contributed by atoms with Crippen LogP contribution >= 0.6 is 0 Å². The lowest BCUT2D eigenvalue weighted by molar-refractivity contribution is 0.552. The third kappa shape index (κ3) is 4.13. The maximum atomic E-state index is 2.43. The Morgan fingerprint density at radius 3 is 1.88 bits per heavy atom. The van der Waals surface area contributed by atoms with E-state index in [1.54, 1.807) is 0 Å². The van der Waals surface area contributed by atoms with Crippen LogP contribution in [-0.4, -0.2) is 24.5 Å². The molecule has 0 bridgehead atoms. The lowest BCUT2D eigenvalue weighted by Gasteiger charge is -1.89. The van der Waals surface area contributed by atoms with Crippen molar-refractivity contribution in [2.45, 2.75) is 27.2 Å². The fourth-order valence-corrected chi connectivity index (χ4v) is 0.611. The van der Waals surface area contributed by atoms with Crippen LogP contribution in [-0.2, 0) is 0 Å². The summed E-state index contributed by atoms with van der Waals surface area (Å²) in [6.07, 6.45) is 1.32. The molecule has 0 amide bonds. The van der Waals surface area contributed by atoms with Crippen molar-refractivity contribution >= 4 is 0 Å². The molecule has 50 valence electrons. The largest absolute Gasteiger partial charge is 0.301 e. The van der Waals surface area contributed by atoms with Crippen molar-refractivity contribution in [2.75, 3.05) is 19.6 Å². The van der Waals surface area contributed by atoms with E-state index in [0.717, 1.165) is 0 Å². The lowest BCUT2D eigenvalue weighted by Crippen LogP contribution is -1.94. The number of rotatable bonds is 2. The molecule has 0 spiro atoms. The van der Waals surface area contributed by atoms with Gasteiger partial charge in [0.05, 0.1) is 0 Å². The SMILES string of the molecule is CC.CCCN1CC1. The van der Waals surface area contributed by atoms with Crippen molar-refractivity contribution in [2.24, 2.45) is 0 Å². The minimum atomic E-state index is 1.32. The van der Waals surface area contributed by atoms with Crippen LogP contribution in [0.2, 0.25) is 0 Å². The van der Waals surface area contributed by atoms with Gasteiger partial charge in [-0.05, 0) is 13.0 Å². The van der Waals surface area contributed by atoms with Crippen molar-refractivity contribution in [3.8, 4) is 0 Å². The fraction of sp³-hybridized carbons (Fsp3) is 1.00. The van der Waals surface area contributed by atoms with Crippen molar-refractivity contribution in [1.29, 1.82) is 0 Å². The third-order valence-corrected chi connectivity index (χ3v) is 1.08. The van der Waals surface area contributed by atoms with Gasteiger partial charge in [-0.15, -0.1) is 0 Å². The molecule has 0 unspecified atom stereocenters. The van der Waals surface area contributed by atoms with Gasteiger partial charge < -0.3 is 4.90 Å². The van der Waals surface area contributed by atoms with Crippen LogP contribution in [0.1, 0.15) is 27.2 Å². The molecular weight excluding hydrogens is 98.1 g/mol. The summed E-state index contributed by atoms with van der Waals surface area (Å²) in [5.74, 6) is 0. The molecule has 1 heteroatoms. The average molecular weight is 115 g/mol. The first-order chi connectivity index (χ1) is 3.93. The molecule has 1 heterocycles. The van der Waals surface area contributed by atoms with E-state index in [1.807, 2.05) is 13.8 Å². The first-order valence-electron chi connectivity index (χ1n) is 3.66. The second-order valence-electron chi connectivity index (χ2n) is 1.84. The Morgan fingerprint density at radius 2 is 1.75 bits per heavy atom. The molecule has 0 aromatic heterocycles. The fourth-order valence-electron chi connectivity index (χ4n) is 0.611. The van der Waals surface area contributed by atoms with Gasteiger partial charge in [-0.1, -0.05) is 20.8 Å². The quantitative estimate of drug-likeness (QED) is 0.495. The molecule has 0 saturated carbocycles. The van der Waals surface area contributed by atoms with Gasteiger partial charge in [-0.3, -0.25) is 0 Å². The van der Waals surface area contributed by atoms with E-state index in [2.05, 4.69) is 11.8 Å². The first kappa shape index (κ1) is 7.96. The molecule has 0 N–H and O–H groups in total. The molecule has 8 heavy (non-hydrogen) atoms. The molecule has 1 nitrogen and oxygen atoms in total. The minimum absolute atomic E-state index is 1.32. The van der Waals surface area contributed by atoms with E-state index in [1.165, 1.54) is 26.1 Å². The van der Waals surface area contributed by atoms with Gasteiger partial charge in [0.1, 0.15) is 0 Å². The first-order valence-corrected chi connectivity index (χ1v) is 3.66. The maximum Gasteiger partial charge on any atom is 0.0110 e. The van der Waals surface area contributed by atoms with Gasteiger partial charge in [-0.25, -0.2) is 0 Å². The summed E-state index contributed by atoms with van der Waals surface area (Å²) in [5, 5.41) is 0. The third-order valence-electron chi connectivity index (χ3n) is 1.08. The van der Waals surface area contributed by atoms with Crippen LogP contribution in [0.25, 0.3) is 0 Å². The summed E-state index contributed by atoms with van der Waals surface area (Å²) in [7, 11) is 0. The summed E-state index contributed by atoms with van der Waals surface area (Å²) in [6.45, 7) is 10.2. The normalized spacial score (nSPS) is 16.9. The van der Waals surface area contributed by atoms with Gasteiger partial charge in [0.15, 0.2) is 0 Å². The molecule has 1 fully saturated rings. The topological polar surface area (TPSA) is 3.01 Å². The Hall–Kier alpha value is -0.0400. The molecule has 0 aromatic carbocycles. The zero-order valence-electron chi connectivity index (χ0n) is 6.28. The highest BCUT2D eigenvalue weighted by Gasteiger charge is 2.13. The smallest absolute Gasteiger partial charge is 0.0110 e. The number of hydrogen-bond donors (Lipinski definition) is 0. The highest BCUT2D eigenvalue weighted by Crippen LogP contribution is 2.01. The molecule has 0 radical (unpaired) electrons. The molecule has 0 aromatic rings. The van der Waals surface area contributed by atoms with E-state index in [-0.39, 0.29) is 0 Å². The monoisotopic (exact) mass is 115 g/mol. The maximum absolute atomic E-state index is 2.43. The van der Waals surface area contributed by atoms with Crippen LogP contribution in [0, 0.1) is 0 Å². The van der Waals surface area contributed by atoms with Crippen LogP contribution in [0.15, 0.2) is 0 Å². The summed E-state index contributed by atoms with van der Waals surface area (Å²) in [4.78, 5) is 2.43. The Kier molecular flexibility index (Phi) is 5.08. The number of nitrogens with zero attached hydrogens (tertiary/aromatic N) is 1. The van der Waals surface area contributed by atoms with Gasteiger partial charge >= 0.3 is 0 Å². The van der Waals surface area contributed by atoms with Crippen LogP contribution in [0.3, 0.4) is 0 Å². The Morgan fingerprint density at radius 1 is 1.25 bits per heavy atom. The lowest BCUT2D eigenvalue weighted by atomic mass is 10.5. The van der Waals surface area contributed by atoms with Crippen molar-refractivity contribution in [3.05, 3.63) is 0 Å². The standard InChI is InChI=1S/C5H11N.C2H6/c1-2-3-6-4-5-6;1-2/h2-5H2,1H3;1-2H3. The molecule has 1 saturated heterocycles. The van der Waals surface area contributed by atoms with Gasteiger partial charge in [0.2, 0.25) is 0 Å². The average Bonchev–Trinajstić information content (AvgIpc) is 2.57. The molecule has 1 aliphatic rings. The van der Waals surface area contributed by atoms with Crippen LogP contribution < -0.4 is 0 Å². The Bertz CT molecular complexity index is 39.7. The summed E-state index contributed by atoms with van der Waals surface area (Å²) in [6, 6.07) is 0. The van der Waals surface area contributed by atoms with Crippen LogP contribution in [0.4, 0.5) is 0 Å². The predicted octanol–water partition coefficient (Wildman–Crippen LogP) is 1.74. The molecule has 0 aliphatic carbocycles. The zero-order valence-corrected chi connectivity index (χ0v) is 6.28. The van der Waals surface area contributed by atoms with E-state index < -0.39 is 0 Å². The Labute approximate surface area is 52.7 Å². The summed E-state index contributed by atoms with van der Waals surface area (Å²) < 4.78 is 0. The van der Waals surface area contributed by atoms with E-state index in [4.69, 9.17) is 0 Å². The molecule has 0 atom stereocenters. The summed E-state index contributed by atoms with van der Waals surface area (Å²) >= 11 is 0. The van der Waals surface area contributed by atoms with Gasteiger partial charge in [0, 0.05) is 13.1 Å². The van der Waals surface area contributed by atoms with Crippen molar-refractivity contribution in [3.63, 3.8) is 0 Å². The highest BCUT2D eigenvalue weighted by atomic mass is 15.2. The predicted molar refractivity (Wildman–Crippen MR) is 38.1 cm³/mol. The second kappa shape index (κ2) is 5.10. The van der Waals surface area contributed by atoms with E-state index in [0.29, 0.717) is 0 Å². The molecule has 1 aliphatic heterocycles. The van der Waals surface area contributed by atoms with Crippen molar-refractivity contribution < 1.29 is 0 Å². The zero-order chi connectivity index (χ0) is 6.41. The minimum Gasteiger partial charge on any atom is -0.301 e. The number of hydrogen-bond acceptors (Lipinski definition) is 1. The van der Waals surface area contributed by atoms with Crippen molar-refractivity contribution in [1.82, 2.24) is 4.90 Å². The molecule has 1 rings (SSSR count). The van der Waals surface area contributed by atoms with E-state index >= 15 is 0 Å². The van der Waals surface area contributed by atoms with E-state index in [9.17, 15) is 0 Å². The highest BCUT2D eigenvalue weighted by molar-refractivity contribution is 4.70. The van der Waals surface area contributed by atoms with Gasteiger partial charge in [-0.2, -0.15) is 0 Å². The molecular formula is C7H17N. The summed E-state index contributed by atoms with van der Waals surface area (Å²) in [5.41, 5.74) is 0. The second-order valence-corrected chi connectivity index (χ2v) is 1.84. The van der Waals surface area contributed by atoms with Crippen LogP contribution in [0.5, 0.6) is 0 Å². The Balaban J connectivity index is 0.000000222. The van der Waals surface area contributed by atoms with Gasteiger partial charge in [0.25, 0.3) is 0 Å².